The van der Waals surface area contributed by atoms with Crippen LogP contribution in [-0.2, 0) is 0 Å². The molecule has 5 rings (SSSR count). The van der Waals surface area contributed by atoms with Crippen molar-refractivity contribution in [2.75, 3.05) is 19.3 Å². The SMILES string of the molecule is CSc1cc2cnc(C(=O)NC3CC4CCN3CC4)cc2o1. The lowest BCUT2D eigenvalue weighted by molar-refractivity contribution is 0.0293. The highest BCUT2D eigenvalue weighted by Gasteiger charge is 2.34. The van der Waals surface area contributed by atoms with Gasteiger partial charge >= 0.3 is 0 Å². The average Bonchev–Trinajstić information content (AvgIpc) is 2.98. The van der Waals surface area contributed by atoms with E-state index in [-0.39, 0.29) is 12.1 Å². The summed E-state index contributed by atoms with van der Waals surface area (Å²) >= 11 is 1.54. The first-order valence-corrected chi connectivity index (χ1v) is 8.94. The Balaban J connectivity index is 1.52. The number of fused-ring (bicyclic) bond motifs is 4. The number of amides is 1. The maximum absolute atomic E-state index is 12.5. The minimum atomic E-state index is -0.110. The second-order valence-electron chi connectivity index (χ2n) is 6.08. The molecule has 1 amide bonds. The Labute approximate surface area is 133 Å². The maximum atomic E-state index is 12.5. The van der Waals surface area contributed by atoms with Crippen LogP contribution in [0.1, 0.15) is 29.8 Å². The van der Waals surface area contributed by atoms with E-state index in [1.54, 1.807) is 24.0 Å². The summed E-state index contributed by atoms with van der Waals surface area (Å²) in [5, 5.41) is 4.90. The standard InChI is InChI=1S/C16H19N3O2S/c1-22-15-7-11-9-17-12(8-13(11)21-15)16(20)18-14-6-10-2-4-19(14)5-3-10/h7-10,14H,2-6H2,1H3,(H,18,20). The predicted octanol–water partition coefficient (Wildman–Crippen LogP) is 2.72. The minimum absolute atomic E-state index is 0.110. The molecule has 3 aliphatic rings. The van der Waals surface area contributed by atoms with E-state index in [1.807, 2.05) is 12.3 Å². The van der Waals surface area contributed by atoms with Gasteiger partial charge in [-0.3, -0.25) is 14.7 Å². The molecular weight excluding hydrogens is 298 g/mol. The molecule has 0 aliphatic carbocycles. The molecule has 116 valence electrons. The number of hydrogen-bond acceptors (Lipinski definition) is 5. The van der Waals surface area contributed by atoms with Gasteiger partial charge in [0.2, 0.25) is 0 Å². The molecule has 0 saturated carbocycles. The van der Waals surface area contributed by atoms with Crippen LogP contribution in [0.4, 0.5) is 0 Å². The van der Waals surface area contributed by atoms with Crippen molar-refractivity contribution in [1.29, 1.82) is 0 Å². The highest BCUT2D eigenvalue weighted by Crippen LogP contribution is 2.31. The zero-order chi connectivity index (χ0) is 15.1. The Hall–Kier alpha value is -1.53. The van der Waals surface area contributed by atoms with Crippen molar-refractivity contribution in [3.63, 3.8) is 0 Å². The maximum Gasteiger partial charge on any atom is 0.271 e. The van der Waals surface area contributed by atoms with Gasteiger partial charge in [-0.15, -0.1) is 0 Å². The van der Waals surface area contributed by atoms with Crippen LogP contribution in [0.15, 0.2) is 27.8 Å². The number of piperidine rings is 3. The van der Waals surface area contributed by atoms with Crippen LogP contribution in [-0.4, -0.2) is 41.3 Å². The molecule has 0 aromatic carbocycles. The molecular formula is C16H19N3O2S. The molecule has 6 heteroatoms. The third-order valence-corrected chi connectivity index (χ3v) is 5.36. The van der Waals surface area contributed by atoms with Gasteiger partial charge in [-0.25, -0.2) is 0 Å². The lowest BCUT2D eigenvalue weighted by atomic mass is 9.86. The highest BCUT2D eigenvalue weighted by molar-refractivity contribution is 7.98. The lowest BCUT2D eigenvalue weighted by Gasteiger charge is -2.45. The number of nitrogens with zero attached hydrogens (tertiary/aromatic N) is 2. The van der Waals surface area contributed by atoms with Crippen LogP contribution >= 0.6 is 11.8 Å². The Kier molecular flexibility index (Phi) is 3.58. The zero-order valence-corrected chi connectivity index (χ0v) is 13.4. The number of carbonyl (C=O) groups is 1. The Morgan fingerprint density at radius 2 is 2.23 bits per heavy atom. The van der Waals surface area contributed by atoms with Crippen LogP contribution in [0.2, 0.25) is 0 Å². The van der Waals surface area contributed by atoms with Crippen LogP contribution in [0.25, 0.3) is 11.0 Å². The lowest BCUT2D eigenvalue weighted by Crippen LogP contribution is -2.56. The van der Waals surface area contributed by atoms with E-state index >= 15 is 0 Å². The van der Waals surface area contributed by atoms with E-state index in [9.17, 15) is 4.79 Å². The van der Waals surface area contributed by atoms with Crippen molar-refractivity contribution in [1.82, 2.24) is 15.2 Å². The molecule has 5 heterocycles. The average molecular weight is 317 g/mol. The summed E-state index contributed by atoms with van der Waals surface area (Å²) in [6, 6.07) is 3.68. The first kappa shape index (κ1) is 14.1. The number of thioether (sulfide) groups is 1. The molecule has 3 fully saturated rings. The number of furan rings is 1. The smallest absolute Gasteiger partial charge is 0.271 e. The molecule has 2 bridgehead atoms. The number of rotatable bonds is 3. The summed E-state index contributed by atoms with van der Waals surface area (Å²) in [4.78, 5) is 19.1. The molecule has 22 heavy (non-hydrogen) atoms. The summed E-state index contributed by atoms with van der Waals surface area (Å²) in [5.74, 6) is 0.654. The quantitative estimate of drug-likeness (QED) is 0.882. The molecule has 3 aliphatic heterocycles. The van der Waals surface area contributed by atoms with Crippen molar-refractivity contribution in [2.24, 2.45) is 5.92 Å². The van der Waals surface area contributed by atoms with Gasteiger partial charge < -0.3 is 9.73 Å². The van der Waals surface area contributed by atoms with Crippen molar-refractivity contribution >= 4 is 28.6 Å². The summed E-state index contributed by atoms with van der Waals surface area (Å²) in [5.41, 5.74) is 1.15. The highest BCUT2D eigenvalue weighted by atomic mass is 32.2. The van der Waals surface area contributed by atoms with E-state index < -0.39 is 0 Å². The molecule has 3 saturated heterocycles. The fourth-order valence-corrected chi connectivity index (χ4v) is 3.89. The summed E-state index contributed by atoms with van der Waals surface area (Å²) in [6.45, 7) is 2.19. The summed E-state index contributed by atoms with van der Waals surface area (Å²) < 4.78 is 5.68. The van der Waals surface area contributed by atoms with E-state index in [1.165, 1.54) is 12.8 Å². The molecule has 1 unspecified atom stereocenters. The molecule has 2 aromatic rings. The van der Waals surface area contributed by atoms with Gasteiger partial charge in [0, 0.05) is 36.8 Å². The van der Waals surface area contributed by atoms with E-state index in [2.05, 4.69) is 15.2 Å². The third kappa shape index (κ3) is 2.50. The van der Waals surface area contributed by atoms with Gasteiger partial charge in [0.05, 0.1) is 6.17 Å². The number of hydrogen-bond donors (Lipinski definition) is 1. The zero-order valence-electron chi connectivity index (χ0n) is 12.5. The topological polar surface area (TPSA) is 58.4 Å². The second-order valence-corrected chi connectivity index (χ2v) is 6.89. The van der Waals surface area contributed by atoms with Gasteiger partial charge in [0.15, 0.2) is 5.09 Å². The number of carbonyl (C=O) groups excluding carboxylic acids is 1. The van der Waals surface area contributed by atoms with Gasteiger partial charge in [-0.05, 0) is 31.4 Å². The van der Waals surface area contributed by atoms with Crippen molar-refractivity contribution < 1.29 is 9.21 Å². The van der Waals surface area contributed by atoms with Gasteiger partial charge in [-0.2, -0.15) is 0 Å². The summed E-state index contributed by atoms with van der Waals surface area (Å²) in [7, 11) is 0. The molecule has 1 N–H and O–H groups in total. The second kappa shape index (κ2) is 5.59. The van der Waals surface area contributed by atoms with Crippen LogP contribution in [0.3, 0.4) is 0 Å². The minimum Gasteiger partial charge on any atom is -0.450 e. The Morgan fingerprint density at radius 1 is 1.41 bits per heavy atom. The summed E-state index contributed by atoms with van der Waals surface area (Å²) in [6.07, 6.45) is 7.43. The van der Waals surface area contributed by atoms with Gasteiger partial charge in [0.1, 0.15) is 11.3 Å². The third-order valence-electron chi connectivity index (χ3n) is 4.76. The van der Waals surface area contributed by atoms with Crippen molar-refractivity contribution in [2.45, 2.75) is 30.5 Å². The molecule has 5 nitrogen and oxygen atoms in total. The van der Waals surface area contributed by atoms with Crippen LogP contribution < -0.4 is 5.32 Å². The van der Waals surface area contributed by atoms with E-state index in [4.69, 9.17) is 4.42 Å². The Bertz CT molecular complexity index is 706. The van der Waals surface area contributed by atoms with Crippen molar-refractivity contribution in [3.8, 4) is 0 Å². The molecule has 1 atom stereocenters. The van der Waals surface area contributed by atoms with Crippen LogP contribution in [0, 0.1) is 5.92 Å². The monoisotopic (exact) mass is 317 g/mol. The number of pyridine rings is 1. The van der Waals surface area contributed by atoms with Crippen molar-refractivity contribution in [3.05, 3.63) is 24.0 Å². The van der Waals surface area contributed by atoms with Gasteiger partial charge in [-0.1, -0.05) is 11.8 Å². The van der Waals surface area contributed by atoms with E-state index in [0.717, 1.165) is 41.5 Å². The molecule has 0 spiro atoms. The number of aromatic nitrogens is 1. The van der Waals surface area contributed by atoms with Gasteiger partial charge in [0.25, 0.3) is 5.91 Å². The normalized spacial score (nSPS) is 27.2. The molecule has 0 radical (unpaired) electrons. The number of nitrogens with one attached hydrogen (secondary N) is 1. The predicted molar refractivity (Wildman–Crippen MR) is 86.0 cm³/mol. The fraction of sp³-hybridized carbons (Fsp3) is 0.500. The molecule has 2 aromatic heterocycles. The first-order chi connectivity index (χ1) is 10.7. The van der Waals surface area contributed by atoms with E-state index in [0.29, 0.717) is 5.69 Å². The Morgan fingerprint density at radius 3 is 2.91 bits per heavy atom. The first-order valence-electron chi connectivity index (χ1n) is 7.71. The van der Waals surface area contributed by atoms with Crippen LogP contribution in [0.5, 0.6) is 0 Å². The largest absolute Gasteiger partial charge is 0.450 e. The fourth-order valence-electron chi connectivity index (χ4n) is 3.47.